The lowest BCUT2D eigenvalue weighted by molar-refractivity contribution is -0.173. The number of carbonyl (C=O) groups is 2. The van der Waals surface area contributed by atoms with Gasteiger partial charge in [-0.05, 0) is 44.1 Å². The fourth-order valence-corrected chi connectivity index (χ4v) is 5.05. The second-order valence-electron chi connectivity index (χ2n) is 8.40. The molecule has 4 rings (SSSR count). The topological polar surface area (TPSA) is 75.9 Å². The zero-order valence-corrected chi connectivity index (χ0v) is 16.1. The van der Waals surface area contributed by atoms with Crippen molar-refractivity contribution in [2.24, 2.45) is 17.6 Å². The standard InChI is InChI=1S/C21H29N3O3/c1-13(2)24-17(25)12-27-20(19(24)14-6-4-3-5-7-14)21(26)23-10-15-8-9-16(11-23)18(15)22/h3-7,13,15-16,18-20H,8-12,22H2,1-2H3/t15-,16+,18?,19-,20+/m1/s1. The maximum atomic E-state index is 13.5. The lowest BCUT2D eigenvalue weighted by atomic mass is 9.91. The minimum atomic E-state index is -0.666. The molecule has 1 aliphatic carbocycles. The summed E-state index contributed by atoms with van der Waals surface area (Å²) in [6.45, 7) is 5.33. The first-order valence-electron chi connectivity index (χ1n) is 9.99. The van der Waals surface area contributed by atoms with Gasteiger partial charge in [0, 0.05) is 25.2 Å². The van der Waals surface area contributed by atoms with Crippen molar-refractivity contribution in [3.8, 4) is 0 Å². The zero-order chi connectivity index (χ0) is 19.1. The Labute approximate surface area is 160 Å². The summed E-state index contributed by atoms with van der Waals surface area (Å²) in [6, 6.07) is 9.57. The van der Waals surface area contributed by atoms with Gasteiger partial charge in [0.2, 0.25) is 5.91 Å². The van der Waals surface area contributed by atoms with Crippen LogP contribution in [0.2, 0.25) is 0 Å². The van der Waals surface area contributed by atoms with Crippen molar-refractivity contribution >= 4 is 11.8 Å². The lowest BCUT2D eigenvalue weighted by Crippen LogP contribution is -2.59. The summed E-state index contributed by atoms with van der Waals surface area (Å²) in [5, 5.41) is 0. The molecular formula is C21H29N3O3. The van der Waals surface area contributed by atoms with Gasteiger partial charge in [-0.3, -0.25) is 9.59 Å². The van der Waals surface area contributed by atoms with E-state index >= 15 is 0 Å². The Kier molecular flexibility index (Phi) is 4.95. The van der Waals surface area contributed by atoms with Crippen LogP contribution in [0.5, 0.6) is 0 Å². The SMILES string of the molecule is CC(C)N1C(=O)CO[C@H](C(=O)N2C[C@H]3CC[C@@H](C2)C3N)[C@H]1c1ccccc1. The summed E-state index contributed by atoms with van der Waals surface area (Å²) in [5.74, 6) is 0.693. The summed E-state index contributed by atoms with van der Waals surface area (Å²) in [6.07, 6.45) is 1.53. The Bertz CT molecular complexity index is 694. The molecule has 2 N–H and O–H groups in total. The third kappa shape index (κ3) is 3.25. The van der Waals surface area contributed by atoms with Crippen LogP contribution in [0.25, 0.3) is 0 Å². The number of likely N-dealkylation sites (tertiary alicyclic amines) is 1. The second-order valence-corrected chi connectivity index (χ2v) is 8.40. The second kappa shape index (κ2) is 7.24. The molecule has 27 heavy (non-hydrogen) atoms. The molecule has 2 bridgehead atoms. The van der Waals surface area contributed by atoms with E-state index in [9.17, 15) is 9.59 Å². The van der Waals surface area contributed by atoms with E-state index in [0.717, 1.165) is 18.4 Å². The van der Waals surface area contributed by atoms with Crippen LogP contribution in [0.1, 0.15) is 38.3 Å². The molecule has 5 atom stereocenters. The highest BCUT2D eigenvalue weighted by molar-refractivity contribution is 5.86. The van der Waals surface area contributed by atoms with Gasteiger partial charge < -0.3 is 20.3 Å². The highest BCUT2D eigenvalue weighted by atomic mass is 16.5. The summed E-state index contributed by atoms with van der Waals surface area (Å²) in [5.41, 5.74) is 7.24. The number of fused-ring (bicyclic) bond motifs is 2. The van der Waals surface area contributed by atoms with Crippen molar-refractivity contribution in [2.45, 2.75) is 50.9 Å². The summed E-state index contributed by atoms with van der Waals surface area (Å²) in [7, 11) is 0. The number of carbonyl (C=O) groups excluding carboxylic acids is 2. The average Bonchev–Trinajstić information content (AvgIpc) is 2.88. The van der Waals surface area contributed by atoms with Gasteiger partial charge in [-0.25, -0.2) is 0 Å². The van der Waals surface area contributed by atoms with E-state index in [1.165, 1.54) is 0 Å². The molecule has 6 nitrogen and oxygen atoms in total. The Morgan fingerprint density at radius 1 is 1.15 bits per heavy atom. The Hall–Kier alpha value is -1.92. The first-order chi connectivity index (χ1) is 13.0. The number of morpholine rings is 1. The van der Waals surface area contributed by atoms with Gasteiger partial charge in [-0.1, -0.05) is 30.3 Å². The van der Waals surface area contributed by atoms with E-state index < -0.39 is 12.1 Å². The Morgan fingerprint density at radius 2 is 1.78 bits per heavy atom. The fourth-order valence-electron chi connectivity index (χ4n) is 5.05. The van der Waals surface area contributed by atoms with Crippen molar-refractivity contribution in [2.75, 3.05) is 19.7 Å². The first kappa shape index (κ1) is 18.4. The molecule has 0 radical (unpaired) electrons. The van der Waals surface area contributed by atoms with Gasteiger partial charge in [-0.2, -0.15) is 0 Å². The molecule has 2 heterocycles. The van der Waals surface area contributed by atoms with Gasteiger partial charge in [0.1, 0.15) is 6.61 Å². The van der Waals surface area contributed by atoms with Crippen LogP contribution in [0.15, 0.2) is 30.3 Å². The molecular weight excluding hydrogens is 342 g/mol. The largest absolute Gasteiger partial charge is 0.356 e. The lowest BCUT2D eigenvalue weighted by Gasteiger charge is -2.45. The summed E-state index contributed by atoms with van der Waals surface area (Å²) >= 11 is 0. The summed E-state index contributed by atoms with van der Waals surface area (Å²) in [4.78, 5) is 29.8. The predicted octanol–water partition coefficient (Wildman–Crippen LogP) is 1.56. The summed E-state index contributed by atoms with van der Waals surface area (Å²) < 4.78 is 5.86. The number of ether oxygens (including phenoxy) is 1. The van der Waals surface area contributed by atoms with Gasteiger partial charge in [-0.15, -0.1) is 0 Å². The molecule has 1 aromatic rings. The number of nitrogens with two attached hydrogens (primary N) is 1. The number of hydrogen-bond donors (Lipinski definition) is 1. The van der Waals surface area contributed by atoms with E-state index in [1.807, 2.05) is 54.0 Å². The van der Waals surface area contributed by atoms with Crippen LogP contribution in [0.3, 0.4) is 0 Å². The number of hydrogen-bond acceptors (Lipinski definition) is 4. The molecule has 146 valence electrons. The van der Waals surface area contributed by atoms with Crippen LogP contribution >= 0.6 is 0 Å². The van der Waals surface area contributed by atoms with E-state index in [4.69, 9.17) is 10.5 Å². The zero-order valence-electron chi connectivity index (χ0n) is 16.1. The van der Waals surface area contributed by atoms with E-state index in [0.29, 0.717) is 24.9 Å². The van der Waals surface area contributed by atoms with E-state index in [-0.39, 0.29) is 30.5 Å². The number of piperidine rings is 1. The quantitative estimate of drug-likeness (QED) is 0.875. The van der Waals surface area contributed by atoms with Crippen LogP contribution < -0.4 is 5.73 Å². The molecule has 1 unspecified atom stereocenters. The smallest absolute Gasteiger partial charge is 0.254 e. The first-order valence-corrected chi connectivity index (χ1v) is 9.99. The average molecular weight is 371 g/mol. The minimum Gasteiger partial charge on any atom is -0.356 e. The van der Waals surface area contributed by atoms with Crippen LogP contribution in [0, 0.1) is 11.8 Å². The maximum Gasteiger partial charge on any atom is 0.254 e. The molecule has 0 aromatic heterocycles. The normalized spacial score (nSPS) is 33.6. The Balaban J connectivity index is 1.63. The third-order valence-electron chi connectivity index (χ3n) is 6.42. The molecule has 3 fully saturated rings. The van der Waals surface area contributed by atoms with Crippen LogP contribution in [-0.2, 0) is 14.3 Å². The number of nitrogens with zero attached hydrogens (tertiary/aromatic N) is 2. The number of rotatable bonds is 3. The fraction of sp³-hybridized carbons (Fsp3) is 0.619. The van der Waals surface area contributed by atoms with Gasteiger partial charge in [0.25, 0.3) is 5.91 Å². The third-order valence-corrected chi connectivity index (χ3v) is 6.42. The van der Waals surface area contributed by atoms with Gasteiger partial charge in [0.15, 0.2) is 6.10 Å². The van der Waals surface area contributed by atoms with Crippen molar-refractivity contribution in [3.63, 3.8) is 0 Å². The number of benzene rings is 1. The van der Waals surface area contributed by atoms with Crippen LogP contribution in [-0.4, -0.2) is 59.5 Å². The minimum absolute atomic E-state index is 0.00661. The van der Waals surface area contributed by atoms with Crippen molar-refractivity contribution < 1.29 is 14.3 Å². The monoisotopic (exact) mass is 371 g/mol. The van der Waals surface area contributed by atoms with Crippen molar-refractivity contribution in [1.82, 2.24) is 9.80 Å². The maximum absolute atomic E-state index is 13.5. The van der Waals surface area contributed by atoms with Crippen molar-refractivity contribution in [3.05, 3.63) is 35.9 Å². The molecule has 0 spiro atoms. The Morgan fingerprint density at radius 3 is 2.37 bits per heavy atom. The van der Waals surface area contributed by atoms with Crippen molar-refractivity contribution in [1.29, 1.82) is 0 Å². The number of amides is 2. The van der Waals surface area contributed by atoms with Gasteiger partial charge in [0.05, 0.1) is 6.04 Å². The molecule has 2 amide bonds. The molecule has 3 aliphatic rings. The van der Waals surface area contributed by atoms with E-state index in [2.05, 4.69) is 0 Å². The molecule has 1 saturated carbocycles. The van der Waals surface area contributed by atoms with Gasteiger partial charge >= 0.3 is 0 Å². The molecule has 6 heteroatoms. The predicted molar refractivity (Wildman–Crippen MR) is 102 cm³/mol. The van der Waals surface area contributed by atoms with Crippen LogP contribution in [0.4, 0.5) is 0 Å². The molecule has 1 aromatic carbocycles. The molecule has 2 aliphatic heterocycles. The highest BCUT2D eigenvalue weighted by Crippen LogP contribution is 2.38. The highest BCUT2D eigenvalue weighted by Gasteiger charge is 2.47. The van der Waals surface area contributed by atoms with E-state index in [1.54, 1.807) is 0 Å². The molecule has 2 saturated heterocycles.